The molecule has 1 amide bonds. The first-order valence-electron chi connectivity index (χ1n) is 8.32. The molecule has 2 heterocycles. The van der Waals surface area contributed by atoms with Gasteiger partial charge in [-0.25, -0.2) is 9.97 Å². The van der Waals surface area contributed by atoms with Crippen LogP contribution in [0.5, 0.6) is 0 Å². The quantitative estimate of drug-likeness (QED) is 0.818. The normalized spacial score (nSPS) is 11.9. The maximum atomic E-state index is 12.4. The van der Waals surface area contributed by atoms with Crippen LogP contribution in [0.15, 0.2) is 0 Å². The van der Waals surface area contributed by atoms with Crippen molar-refractivity contribution >= 4 is 27.5 Å². The molecule has 0 aromatic carbocycles. The van der Waals surface area contributed by atoms with Gasteiger partial charge in [0.15, 0.2) is 0 Å². The summed E-state index contributed by atoms with van der Waals surface area (Å²) in [5, 5.41) is 4.05. The number of unbranched alkanes of at least 4 members (excludes halogenated alkanes) is 2. The van der Waals surface area contributed by atoms with Crippen molar-refractivity contribution in [3.05, 3.63) is 22.0 Å². The van der Waals surface area contributed by atoms with Crippen molar-refractivity contribution in [2.75, 3.05) is 6.54 Å². The molecule has 0 fully saturated rings. The number of amides is 1. The van der Waals surface area contributed by atoms with Crippen LogP contribution in [-0.4, -0.2) is 22.4 Å². The minimum atomic E-state index is -0.0978. The first-order chi connectivity index (χ1) is 10.8. The summed E-state index contributed by atoms with van der Waals surface area (Å²) in [4.78, 5) is 23.5. The second-order valence-corrected chi connectivity index (χ2v) is 8.08. The fourth-order valence-electron chi connectivity index (χ4n) is 2.55. The van der Waals surface area contributed by atoms with Crippen molar-refractivity contribution < 1.29 is 4.79 Å². The summed E-state index contributed by atoms with van der Waals surface area (Å²) < 4.78 is 0. The first-order valence-corrected chi connectivity index (χ1v) is 9.13. The molecule has 1 N–H and O–H groups in total. The van der Waals surface area contributed by atoms with Crippen LogP contribution < -0.4 is 5.32 Å². The summed E-state index contributed by atoms with van der Waals surface area (Å²) in [6.45, 7) is 13.2. The van der Waals surface area contributed by atoms with Crippen molar-refractivity contribution in [3.63, 3.8) is 0 Å². The van der Waals surface area contributed by atoms with E-state index in [1.165, 1.54) is 11.3 Å². The lowest BCUT2D eigenvalue weighted by Crippen LogP contribution is -2.24. The van der Waals surface area contributed by atoms with Crippen molar-refractivity contribution in [2.24, 2.45) is 0 Å². The van der Waals surface area contributed by atoms with Crippen LogP contribution in [-0.2, 0) is 5.41 Å². The lowest BCUT2D eigenvalue weighted by molar-refractivity contribution is 0.0956. The summed E-state index contributed by atoms with van der Waals surface area (Å²) >= 11 is 1.48. The average Bonchev–Trinajstić information content (AvgIpc) is 2.80. The molecule has 0 aliphatic rings. The third kappa shape index (κ3) is 3.89. The predicted octanol–water partition coefficient (Wildman–Crippen LogP) is 4.53. The Morgan fingerprint density at radius 3 is 2.48 bits per heavy atom. The van der Waals surface area contributed by atoms with E-state index in [4.69, 9.17) is 4.98 Å². The second kappa shape index (κ2) is 6.95. The molecular weight excluding hydrogens is 306 g/mol. The van der Waals surface area contributed by atoms with Crippen LogP contribution in [0.4, 0.5) is 0 Å². The Bertz CT molecular complexity index is 713. The molecule has 4 nitrogen and oxygen atoms in total. The smallest absolute Gasteiger partial charge is 0.261 e. The largest absolute Gasteiger partial charge is 0.351 e. The fraction of sp³-hybridized carbons (Fsp3) is 0.611. The van der Waals surface area contributed by atoms with Gasteiger partial charge in [-0.3, -0.25) is 4.79 Å². The van der Waals surface area contributed by atoms with E-state index in [-0.39, 0.29) is 11.3 Å². The van der Waals surface area contributed by atoms with Gasteiger partial charge < -0.3 is 5.32 Å². The number of nitrogens with one attached hydrogen (secondary N) is 1. The molecule has 0 saturated heterocycles. The minimum absolute atomic E-state index is 0.0123. The Kier molecular flexibility index (Phi) is 5.40. The average molecular weight is 334 g/mol. The van der Waals surface area contributed by atoms with Crippen LogP contribution in [0, 0.1) is 13.8 Å². The van der Waals surface area contributed by atoms with Crippen LogP contribution >= 0.6 is 11.3 Å². The molecule has 0 spiro atoms. The summed E-state index contributed by atoms with van der Waals surface area (Å²) in [5.74, 6) is 0.844. The molecule has 0 atom stereocenters. The zero-order chi connectivity index (χ0) is 17.2. The summed E-state index contributed by atoms with van der Waals surface area (Å²) in [7, 11) is 0. The first kappa shape index (κ1) is 17.9. The summed E-state index contributed by atoms with van der Waals surface area (Å²) in [5.41, 5.74) is 1.86. The molecule has 2 aromatic heterocycles. The van der Waals surface area contributed by atoms with Gasteiger partial charge in [-0.15, -0.1) is 11.3 Å². The Labute approximate surface area is 142 Å². The zero-order valence-electron chi connectivity index (χ0n) is 15.0. The predicted molar refractivity (Wildman–Crippen MR) is 97.4 cm³/mol. The highest BCUT2D eigenvalue weighted by Gasteiger charge is 2.23. The van der Waals surface area contributed by atoms with Gasteiger partial charge in [0.05, 0.1) is 10.6 Å². The van der Waals surface area contributed by atoms with Crippen molar-refractivity contribution in [2.45, 2.75) is 66.2 Å². The fourth-order valence-corrected chi connectivity index (χ4v) is 3.70. The van der Waals surface area contributed by atoms with E-state index >= 15 is 0 Å². The third-order valence-corrected chi connectivity index (χ3v) is 5.10. The molecule has 2 aromatic rings. The van der Waals surface area contributed by atoms with Gasteiger partial charge in [-0.2, -0.15) is 0 Å². The number of fused-ring (bicyclic) bond motifs is 1. The van der Waals surface area contributed by atoms with Crippen LogP contribution in [0.3, 0.4) is 0 Å². The number of hydrogen-bond donors (Lipinski definition) is 1. The highest BCUT2D eigenvalue weighted by atomic mass is 32.1. The molecule has 23 heavy (non-hydrogen) atoms. The van der Waals surface area contributed by atoms with Gasteiger partial charge >= 0.3 is 0 Å². The SMILES string of the molecule is CCCCCNC(=O)c1sc2nc(C(C)(C)C)nc(C)c2c1C. The molecule has 5 heteroatoms. The zero-order valence-corrected chi connectivity index (χ0v) is 15.9. The second-order valence-electron chi connectivity index (χ2n) is 7.08. The maximum Gasteiger partial charge on any atom is 0.261 e. The molecule has 0 saturated carbocycles. The van der Waals surface area contributed by atoms with E-state index in [1.54, 1.807) is 0 Å². The van der Waals surface area contributed by atoms with Gasteiger partial charge in [0.25, 0.3) is 5.91 Å². The molecule has 0 bridgehead atoms. The lowest BCUT2D eigenvalue weighted by Gasteiger charge is -2.16. The van der Waals surface area contributed by atoms with E-state index < -0.39 is 0 Å². The molecule has 0 aliphatic carbocycles. The Hall–Kier alpha value is -1.49. The standard InChI is InChI=1S/C18H27N3OS/c1-7-8-9-10-19-15(22)14-11(2)13-12(3)20-17(18(4,5)6)21-16(13)23-14/h7-10H2,1-6H3,(H,19,22). The number of aromatic nitrogens is 2. The number of thiophene rings is 1. The molecular formula is C18H27N3OS. The Morgan fingerprint density at radius 1 is 1.17 bits per heavy atom. The van der Waals surface area contributed by atoms with Crippen LogP contribution in [0.2, 0.25) is 0 Å². The topological polar surface area (TPSA) is 54.9 Å². The van der Waals surface area contributed by atoms with E-state index in [1.807, 2.05) is 13.8 Å². The molecule has 0 unspecified atom stereocenters. The summed E-state index contributed by atoms with van der Waals surface area (Å²) in [6, 6.07) is 0. The van der Waals surface area contributed by atoms with Crippen molar-refractivity contribution in [1.82, 2.24) is 15.3 Å². The monoisotopic (exact) mass is 333 g/mol. The van der Waals surface area contributed by atoms with E-state index in [0.29, 0.717) is 0 Å². The molecule has 126 valence electrons. The van der Waals surface area contributed by atoms with E-state index in [0.717, 1.165) is 58.0 Å². The van der Waals surface area contributed by atoms with E-state index in [9.17, 15) is 4.79 Å². The van der Waals surface area contributed by atoms with Gasteiger partial charge in [0, 0.05) is 17.3 Å². The number of carbonyl (C=O) groups excluding carboxylic acids is 1. The highest BCUT2D eigenvalue weighted by molar-refractivity contribution is 7.20. The number of rotatable bonds is 5. The van der Waals surface area contributed by atoms with Crippen molar-refractivity contribution in [1.29, 1.82) is 0 Å². The number of aryl methyl sites for hydroxylation is 2. The van der Waals surface area contributed by atoms with Gasteiger partial charge in [-0.1, -0.05) is 40.5 Å². The lowest BCUT2D eigenvalue weighted by atomic mass is 9.95. The van der Waals surface area contributed by atoms with Gasteiger partial charge in [0.1, 0.15) is 10.7 Å². The maximum absolute atomic E-state index is 12.4. The number of carbonyl (C=O) groups is 1. The van der Waals surface area contributed by atoms with Gasteiger partial charge in [-0.05, 0) is 25.8 Å². The minimum Gasteiger partial charge on any atom is -0.351 e. The Balaban J connectivity index is 2.34. The molecule has 0 radical (unpaired) electrons. The van der Waals surface area contributed by atoms with Crippen LogP contribution in [0.25, 0.3) is 10.2 Å². The number of nitrogens with zero attached hydrogens (tertiary/aromatic N) is 2. The number of hydrogen-bond acceptors (Lipinski definition) is 4. The molecule has 0 aliphatic heterocycles. The molecule has 2 rings (SSSR count). The summed E-state index contributed by atoms with van der Waals surface area (Å²) in [6.07, 6.45) is 3.33. The van der Waals surface area contributed by atoms with Gasteiger partial charge in [0.2, 0.25) is 0 Å². The highest BCUT2D eigenvalue weighted by Crippen LogP contribution is 2.33. The van der Waals surface area contributed by atoms with Crippen LogP contribution in [0.1, 0.15) is 73.7 Å². The third-order valence-electron chi connectivity index (χ3n) is 3.91. The van der Waals surface area contributed by atoms with E-state index in [2.05, 4.69) is 38.0 Å². The Morgan fingerprint density at radius 2 is 1.87 bits per heavy atom. The van der Waals surface area contributed by atoms with Crippen molar-refractivity contribution in [3.8, 4) is 0 Å².